The Labute approximate surface area is 125 Å². The molecule has 6 nitrogen and oxygen atoms in total. The van der Waals surface area contributed by atoms with Gasteiger partial charge in [0.2, 0.25) is 0 Å². The Hall–Kier alpha value is -0.326. The minimum Gasteiger partial charge on any atom is -0.540 e. The van der Waals surface area contributed by atoms with Crippen molar-refractivity contribution in [3.05, 3.63) is 0 Å². The van der Waals surface area contributed by atoms with Crippen LogP contribution in [0.15, 0.2) is 0 Å². The molecule has 2 fully saturated rings. The molecule has 0 aromatic carbocycles. The van der Waals surface area contributed by atoms with Gasteiger partial charge in [-0.05, 0) is 33.4 Å². The Morgan fingerprint density at radius 3 is 2.35 bits per heavy atom. The third-order valence-corrected chi connectivity index (χ3v) is 3.42. The van der Waals surface area contributed by atoms with Gasteiger partial charge in [-0.2, -0.15) is 0 Å². The van der Waals surface area contributed by atoms with Gasteiger partial charge in [0.05, 0.1) is 6.04 Å². The second kappa shape index (κ2) is 4.74. The molecule has 0 aromatic rings. The van der Waals surface area contributed by atoms with Gasteiger partial charge in [0.25, 0.3) is 11.8 Å². The van der Waals surface area contributed by atoms with Crippen LogP contribution in [0.25, 0.3) is 0 Å². The molecule has 0 aromatic heterocycles. The van der Waals surface area contributed by atoms with Gasteiger partial charge in [0.15, 0.2) is 5.54 Å². The van der Waals surface area contributed by atoms with E-state index < -0.39 is 11.6 Å². The van der Waals surface area contributed by atoms with Gasteiger partial charge in [-0.3, -0.25) is 19.9 Å². The maximum atomic E-state index is 12.1. The third-order valence-electron chi connectivity index (χ3n) is 3.42. The maximum absolute atomic E-state index is 12.1. The first kappa shape index (κ1) is 14.7. The molecule has 2 rings (SSSR count). The zero-order valence-electron chi connectivity index (χ0n) is 10.1. The van der Waals surface area contributed by atoms with Crippen molar-refractivity contribution in [3.63, 3.8) is 0 Å². The van der Waals surface area contributed by atoms with Crippen molar-refractivity contribution in [2.45, 2.75) is 37.9 Å². The van der Waals surface area contributed by atoms with Crippen molar-refractivity contribution in [2.24, 2.45) is 0 Å². The van der Waals surface area contributed by atoms with Gasteiger partial charge < -0.3 is 4.79 Å². The normalized spacial score (nSPS) is 35.9. The molecule has 3 unspecified atom stereocenters. The number of fused-ring (bicyclic) bond motifs is 1. The largest absolute Gasteiger partial charge is 0.540 e. The van der Waals surface area contributed by atoms with Crippen molar-refractivity contribution >= 4 is 18.1 Å². The summed E-state index contributed by atoms with van der Waals surface area (Å²) in [4.78, 5) is 34.9. The summed E-state index contributed by atoms with van der Waals surface area (Å²) in [6.45, 7) is 3.35. The van der Waals surface area contributed by atoms with Crippen LogP contribution in [-0.2, 0) is 47.1 Å². The van der Waals surface area contributed by atoms with Crippen LogP contribution in [0, 0.1) is 0 Å². The predicted molar refractivity (Wildman–Crippen MR) is 54.7 cm³/mol. The molecule has 2 saturated heterocycles. The second-order valence-electron chi connectivity index (χ2n) is 4.39. The molecule has 2 aliphatic heterocycles. The van der Waals surface area contributed by atoms with Crippen molar-refractivity contribution in [1.29, 1.82) is 0 Å². The van der Waals surface area contributed by atoms with Crippen LogP contribution in [0.5, 0.6) is 0 Å². The molecular weight excluding hydrogens is 299 g/mol. The van der Waals surface area contributed by atoms with Gasteiger partial charge in [0.1, 0.15) is 0 Å². The van der Waals surface area contributed by atoms with Crippen LogP contribution in [0.2, 0.25) is 0 Å². The van der Waals surface area contributed by atoms with Crippen molar-refractivity contribution in [2.75, 3.05) is 7.05 Å². The third kappa shape index (κ3) is 1.77. The number of hydrazine groups is 1. The minimum atomic E-state index is -1.25. The Bertz CT molecular complexity index is 376. The first-order valence-corrected chi connectivity index (χ1v) is 5.21. The number of nitrogens with one attached hydrogen (secondary N) is 1. The Morgan fingerprint density at radius 1 is 1.35 bits per heavy atom. The monoisotopic (exact) mass is 313 g/mol. The molecule has 0 saturated carbocycles. The Morgan fingerprint density at radius 2 is 1.88 bits per heavy atom. The van der Waals surface area contributed by atoms with Crippen LogP contribution in [0.1, 0.15) is 20.3 Å². The van der Waals surface area contributed by atoms with E-state index in [2.05, 4.69) is 5.32 Å². The molecule has 2 aliphatic rings. The number of likely N-dealkylation sites (N-methyl/N-ethyl adjacent to an activating group) is 1. The second-order valence-corrected chi connectivity index (χ2v) is 4.39. The number of rotatable bonds is 2. The maximum Gasteiger partial charge on any atom is 0.271 e. The summed E-state index contributed by atoms with van der Waals surface area (Å²) >= 11 is 0. The van der Waals surface area contributed by atoms with E-state index in [9.17, 15) is 14.4 Å². The molecule has 2 amide bonds. The average Bonchev–Trinajstić information content (AvgIpc) is 2.70. The van der Waals surface area contributed by atoms with E-state index in [0.29, 0.717) is 6.42 Å². The van der Waals surface area contributed by atoms with Crippen molar-refractivity contribution in [1.82, 2.24) is 15.3 Å². The fourth-order valence-corrected chi connectivity index (χ4v) is 2.28. The Balaban J connectivity index is 0.00000144. The van der Waals surface area contributed by atoms with E-state index >= 15 is 0 Å². The summed E-state index contributed by atoms with van der Waals surface area (Å²) in [6, 6.07) is -0.778. The smallest absolute Gasteiger partial charge is 0.271 e. The molecule has 3 atom stereocenters. The summed E-state index contributed by atoms with van der Waals surface area (Å²) in [5, 5.41) is 5.32. The molecule has 1 radical (unpaired) electrons. The van der Waals surface area contributed by atoms with E-state index in [-0.39, 0.29) is 50.6 Å². The number of nitrogens with zero attached hydrogens (tertiary/aromatic N) is 2. The van der Waals surface area contributed by atoms with Crippen molar-refractivity contribution in [3.8, 4) is 0 Å². The fourth-order valence-electron chi connectivity index (χ4n) is 2.28. The summed E-state index contributed by atoms with van der Waals surface area (Å²) in [6.07, 6.45) is 2.27. The van der Waals surface area contributed by atoms with Crippen LogP contribution < -0.4 is 5.32 Å². The van der Waals surface area contributed by atoms with E-state index in [1.165, 1.54) is 16.9 Å². The fraction of sp³-hybridized carbons (Fsp3) is 0.700. The number of hydrogen-bond donors (Lipinski definition) is 1. The van der Waals surface area contributed by atoms with Gasteiger partial charge in [-0.25, -0.2) is 11.3 Å². The minimum absolute atomic E-state index is 0. The topological polar surface area (TPSA) is 69.7 Å². The van der Waals surface area contributed by atoms with E-state index in [1.54, 1.807) is 7.05 Å². The van der Waals surface area contributed by atoms with Gasteiger partial charge in [-0.1, -0.05) is 0 Å². The van der Waals surface area contributed by atoms with E-state index in [4.69, 9.17) is 0 Å². The van der Waals surface area contributed by atoms with Crippen LogP contribution in [0.3, 0.4) is 0 Å². The first-order valence-electron chi connectivity index (χ1n) is 5.21. The van der Waals surface area contributed by atoms with Crippen LogP contribution in [0.4, 0.5) is 0 Å². The number of hydrogen-bond acceptors (Lipinski definition) is 4. The molecule has 2 heterocycles. The summed E-state index contributed by atoms with van der Waals surface area (Å²) in [5.74, 6) is -0.678. The quantitative estimate of drug-likeness (QED) is 0.515. The number of amides is 2. The molecule has 17 heavy (non-hydrogen) atoms. The zero-order chi connectivity index (χ0) is 12.1. The Kier molecular flexibility index (Phi) is 4.11. The number of carbonyl (C=O) groups is 2. The van der Waals surface area contributed by atoms with Crippen molar-refractivity contribution < 1.29 is 47.1 Å². The zero-order valence-corrected chi connectivity index (χ0v) is 12.9. The average molecular weight is 313 g/mol. The molecular formula is C10H14N3O3Y-. The molecule has 1 N–H and O–H groups in total. The predicted octanol–water partition coefficient (Wildman–Crippen LogP) is -1.18. The molecule has 0 spiro atoms. The summed E-state index contributed by atoms with van der Waals surface area (Å²) in [5.41, 5.74) is -1.25. The summed E-state index contributed by atoms with van der Waals surface area (Å²) in [7, 11) is 1.56. The van der Waals surface area contributed by atoms with E-state index in [0.717, 1.165) is 0 Å². The van der Waals surface area contributed by atoms with Gasteiger partial charge in [0, 0.05) is 32.7 Å². The molecule has 0 aliphatic carbocycles. The van der Waals surface area contributed by atoms with Gasteiger partial charge in [-0.15, -0.1) is 0 Å². The van der Waals surface area contributed by atoms with Gasteiger partial charge >= 0.3 is 0 Å². The SMILES string of the molecule is CNC1(C)C(=O)N2C(C)CC([C-]=O)N2C1=O.[Y]. The number of carbonyl (C=O) groups excluding carboxylic acids is 3. The van der Waals surface area contributed by atoms with E-state index in [1.807, 2.05) is 13.2 Å². The van der Waals surface area contributed by atoms with Crippen LogP contribution >= 0.6 is 0 Å². The summed E-state index contributed by atoms with van der Waals surface area (Å²) < 4.78 is 0. The molecule has 7 heteroatoms. The first-order chi connectivity index (χ1) is 7.47. The molecule has 91 valence electrons. The standard InChI is InChI=1S/C10H14N3O3.Y/c1-6-4-7(5-14)13-9(16)10(2,11-3)8(15)12(6)13;/h6-7,11H,4H2,1-3H3;/q-1;. The van der Waals surface area contributed by atoms with Crippen LogP contribution in [-0.4, -0.2) is 52.8 Å². The molecule has 0 bridgehead atoms.